The van der Waals surface area contributed by atoms with Crippen molar-refractivity contribution in [3.63, 3.8) is 0 Å². The lowest BCUT2D eigenvalue weighted by molar-refractivity contribution is -0.0593. The number of halogens is 4. The Bertz CT molecular complexity index is 1660. The second kappa shape index (κ2) is 11.4. The summed E-state index contributed by atoms with van der Waals surface area (Å²) in [6, 6.07) is 12.0. The molecule has 1 N–H and O–H groups in total. The van der Waals surface area contributed by atoms with Crippen LogP contribution in [0.1, 0.15) is 52.3 Å². The van der Waals surface area contributed by atoms with Crippen molar-refractivity contribution in [1.29, 1.82) is 0 Å². The third kappa shape index (κ3) is 5.51. The summed E-state index contributed by atoms with van der Waals surface area (Å²) in [5, 5.41) is 11.1. The van der Waals surface area contributed by atoms with E-state index in [2.05, 4.69) is 11.8 Å². The zero-order valence-electron chi connectivity index (χ0n) is 22.2. The molecule has 0 aliphatic carbocycles. The number of carboxylic acids is 1. The molecule has 0 radical (unpaired) electrons. The number of imidazole rings is 1. The minimum absolute atomic E-state index is 0.00914. The van der Waals surface area contributed by atoms with E-state index in [-0.39, 0.29) is 29.8 Å². The quantitative estimate of drug-likeness (QED) is 0.223. The number of benzene rings is 3. The summed E-state index contributed by atoms with van der Waals surface area (Å²) in [7, 11) is 0. The molecule has 4 aromatic rings. The van der Waals surface area contributed by atoms with Crippen molar-refractivity contribution in [2.45, 2.75) is 51.6 Å². The third-order valence-electron chi connectivity index (χ3n) is 7.94. The number of carbonyl (C=O) groups is 1. The molecule has 1 fully saturated rings. The van der Waals surface area contributed by atoms with Gasteiger partial charge in [-0.25, -0.2) is 14.2 Å². The first-order valence-corrected chi connectivity index (χ1v) is 14.5. The Balaban J connectivity index is 1.28. The zero-order chi connectivity index (χ0) is 28.8. The molecule has 214 valence electrons. The first-order chi connectivity index (χ1) is 19.7. The average Bonchev–Trinajstić information content (AvgIpc) is 3.25. The molecule has 0 bridgehead atoms. The smallest absolute Gasteiger partial charge is 0.338 e. The third-order valence-corrected chi connectivity index (χ3v) is 8.82. The monoisotopic (exact) mass is 617 g/mol. The molecule has 3 heterocycles. The molecule has 7 nitrogen and oxygen atoms in total. The number of hydrogen-bond donors (Lipinski definition) is 1. The van der Waals surface area contributed by atoms with Crippen LogP contribution in [0.5, 0.6) is 5.75 Å². The highest BCUT2D eigenvalue weighted by molar-refractivity contribution is 6.35. The van der Waals surface area contributed by atoms with E-state index in [1.807, 2.05) is 18.2 Å². The maximum atomic E-state index is 15.4. The maximum absolute atomic E-state index is 15.4. The van der Waals surface area contributed by atoms with Crippen LogP contribution in [0.4, 0.5) is 4.39 Å². The van der Waals surface area contributed by atoms with Gasteiger partial charge in [-0.3, -0.25) is 4.90 Å². The number of ether oxygens (including phenoxy) is 2. The molecule has 0 unspecified atom stereocenters. The lowest BCUT2D eigenvalue weighted by Crippen LogP contribution is -2.36. The molecule has 0 amide bonds. The van der Waals surface area contributed by atoms with E-state index in [1.165, 1.54) is 6.07 Å². The highest BCUT2D eigenvalue weighted by Crippen LogP contribution is 2.38. The van der Waals surface area contributed by atoms with Gasteiger partial charge in [0.25, 0.3) is 0 Å². The highest BCUT2D eigenvalue weighted by Gasteiger charge is 2.30. The number of aromatic nitrogens is 2. The summed E-state index contributed by atoms with van der Waals surface area (Å²) >= 11 is 18.9. The Hall–Kier alpha value is -2.88. The van der Waals surface area contributed by atoms with Crippen molar-refractivity contribution in [2.75, 3.05) is 13.2 Å². The molecule has 2 atom stereocenters. The lowest BCUT2D eigenvalue weighted by atomic mass is 9.93. The number of rotatable bonds is 8. The van der Waals surface area contributed by atoms with Crippen LogP contribution in [0.25, 0.3) is 11.0 Å². The van der Waals surface area contributed by atoms with E-state index in [1.54, 1.807) is 22.8 Å². The largest absolute Gasteiger partial charge is 0.487 e. The van der Waals surface area contributed by atoms with Crippen molar-refractivity contribution < 1.29 is 23.8 Å². The van der Waals surface area contributed by atoms with Gasteiger partial charge in [-0.05, 0) is 67.3 Å². The molecule has 0 saturated carbocycles. The molecular weight excluding hydrogens is 592 g/mol. The second-order valence-corrected chi connectivity index (χ2v) is 11.7. The molecule has 0 spiro atoms. The summed E-state index contributed by atoms with van der Waals surface area (Å²) < 4.78 is 28.9. The number of aromatic carboxylic acids is 1. The van der Waals surface area contributed by atoms with Gasteiger partial charge >= 0.3 is 5.97 Å². The number of nitrogens with zero attached hydrogens (tertiary/aromatic N) is 3. The van der Waals surface area contributed by atoms with Gasteiger partial charge in [0.2, 0.25) is 0 Å². The Morgan fingerprint density at radius 3 is 2.68 bits per heavy atom. The summed E-state index contributed by atoms with van der Waals surface area (Å²) in [4.78, 5) is 18.6. The standard InChI is InChI=1S/C30H27Cl3FN3O4/c1-16-22-12-26(41-15-18-2-3-19(31)11-23(18)32)24(33)10-17(22)6-8-36(16)14-27-35-25-5-4-21(30(38)39)28(34)29(25)37(27)13-20-7-9-40-20/h2-5,10-12,16,20H,6-9,13-15H2,1H3,(H,38,39)/t16-,20-/m0/s1. The molecule has 2 aliphatic rings. The molecule has 2 aliphatic heterocycles. The van der Waals surface area contributed by atoms with Crippen LogP contribution in [0.2, 0.25) is 15.1 Å². The van der Waals surface area contributed by atoms with Gasteiger partial charge in [0, 0.05) is 34.8 Å². The van der Waals surface area contributed by atoms with Crippen molar-refractivity contribution in [3.8, 4) is 5.75 Å². The first kappa shape index (κ1) is 28.2. The molecule has 41 heavy (non-hydrogen) atoms. The van der Waals surface area contributed by atoms with E-state index >= 15 is 4.39 Å². The van der Waals surface area contributed by atoms with Crippen LogP contribution >= 0.6 is 34.8 Å². The molecule has 6 rings (SSSR count). The van der Waals surface area contributed by atoms with Gasteiger partial charge in [-0.2, -0.15) is 0 Å². The predicted molar refractivity (Wildman–Crippen MR) is 156 cm³/mol. The highest BCUT2D eigenvalue weighted by atomic mass is 35.5. The fraction of sp³-hybridized carbons (Fsp3) is 0.333. The summed E-state index contributed by atoms with van der Waals surface area (Å²) in [6.45, 7) is 4.61. The van der Waals surface area contributed by atoms with E-state index in [9.17, 15) is 9.90 Å². The average molecular weight is 619 g/mol. The summed E-state index contributed by atoms with van der Waals surface area (Å²) in [5.41, 5.74) is 3.28. The van der Waals surface area contributed by atoms with Gasteiger partial charge in [0.1, 0.15) is 23.7 Å². The van der Waals surface area contributed by atoms with Crippen LogP contribution < -0.4 is 4.74 Å². The van der Waals surface area contributed by atoms with Crippen molar-refractivity contribution >= 4 is 51.8 Å². The maximum Gasteiger partial charge on any atom is 0.338 e. The topological polar surface area (TPSA) is 76.8 Å². The molecular formula is C30H27Cl3FN3O4. The van der Waals surface area contributed by atoms with Gasteiger partial charge < -0.3 is 19.1 Å². The van der Waals surface area contributed by atoms with Crippen LogP contribution in [0, 0.1) is 5.82 Å². The van der Waals surface area contributed by atoms with Crippen molar-refractivity contribution in [3.05, 3.63) is 91.4 Å². The fourth-order valence-electron chi connectivity index (χ4n) is 5.52. The molecule has 1 aromatic heterocycles. The van der Waals surface area contributed by atoms with Gasteiger partial charge in [0.05, 0.1) is 35.3 Å². The van der Waals surface area contributed by atoms with Crippen LogP contribution in [-0.4, -0.2) is 44.8 Å². The predicted octanol–water partition coefficient (Wildman–Crippen LogP) is 7.32. The number of fused-ring (bicyclic) bond motifs is 2. The van der Waals surface area contributed by atoms with Crippen LogP contribution in [-0.2, 0) is 30.9 Å². The Morgan fingerprint density at radius 1 is 1.17 bits per heavy atom. The van der Waals surface area contributed by atoms with Crippen molar-refractivity contribution in [1.82, 2.24) is 14.5 Å². The van der Waals surface area contributed by atoms with E-state index < -0.39 is 11.8 Å². The van der Waals surface area contributed by atoms with Crippen molar-refractivity contribution in [2.24, 2.45) is 0 Å². The molecule has 3 aromatic carbocycles. The Labute approximate surface area is 251 Å². The van der Waals surface area contributed by atoms with Crippen LogP contribution in [0.3, 0.4) is 0 Å². The Kier molecular flexibility index (Phi) is 7.87. The van der Waals surface area contributed by atoms with E-state index in [0.29, 0.717) is 51.9 Å². The SMILES string of the molecule is C[C@H]1c2cc(OCc3ccc(Cl)cc3Cl)c(Cl)cc2CCN1Cc1nc2ccc(C(=O)O)c(F)c2n1C[C@@H]1CCO1. The molecule has 1 saturated heterocycles. The fourth-order valence-corrected chi connectivity index (χ4v) is 6.22. The minimum atomic E-state index is -1.31. The molecule has 11 heteroatoms. The zero-order valence-corrected chi connectivity index (χ0v) is 24.4. The lowest BCUT2D eigenvalue weighted by Gasteiger charge is -2.36. The second-order valence-electron chi connectivity index (χ2n) is 10.4. The van der Waals surface area contributed by atoms with E-state index in [0.717, 1.165) is 36.1 Å². The van der Waals surface area contributed by atoms with E-state index in [4.69, 9.17) is 49.3 Å². The first-order valence-electron chi connectivity index (χ1n) is 13.3. The minimum Gasteiger partial charge on any atom is -0.487 e. The van der Waals surface area contributed by atoms with Crippen LogP contribution in [0.15, 0.2) is 42.5 Å². The summed E-state index contributed by atoms with van der Waals surface area (Å²) in [5.74, 6) is -0.866. The van der Waals surface area contributed by atoms with Gasteiger partial charge in [-0.15, -0.1) is 0 Å². The number of hydrogen-bond acceptors (Lipinski definition) is 5. The van der Waals surface area contributed by atoms with Gasteiger partial charge in [0.15, 0.2) is 5.82 Å². The number of carboxylic acid groups (broad SMARTS) is 1. The van der Waals surface area contributed by atoms with Gasteiger partial charge in [-0.1, -0.05) is 40.9 Å². The Morgan fingerprint density at radius 2 is 1.98 bits per heavy atom. The summed E-state index contributed by atoms with van der Waals surface area (Å²) in [6.07, 6.45) is 1.57. The normalized spacial score (nSPS) is 18.8.